The summed E-state index contributed by atoms with van der Waals surface area (Å²) in [6.45, 7) is 1.86. The molecular weight excluding hydrogens is 258 g/mol. The molecule has 1 unspecified atom stereocenters. The smallest absolute Gasteiger partial charge is 0.246 e. The van der Waals surface area contributed by atoms with Crippen molar-refractivity contribution in [2.45, 2.75) is 17.9 Å². The Labute approximate surface area is 104 Å². The van der Waals surface area contributed by atoms with Gasteiger partial charge in [0.05, 0.1) is 12.2 Å². The summed E-state index contributed by atoms with van der Waals surface area (Å²) in [5.74, 6) is 0. The third-order valence-electron chi connectivity index (χ3n) is 2.65. The molecule has 0 saturated heterocycles. The first-order chi connectivity index (χ1) is 8.03. The minimum absolute atomic E-state index is 0.184. The van der Waals surface area contributed by atoms with Crippen molar-refractivity contribution in [3.05, 3.63) is 34.8 Å². The van der Waals surface area contributed by atoms with E-state index in [9.17, 15) is 8.42 Å². The molecule has 1 atom stereocenters. The van der Waals surface area contributed by atoms with Crippen molar-refractivity contribution in [1.29, 1.82) is 0 Å². The van der Waals surface area contributed by atoms with E-state index in [1.54, 1.807) is 18.4 Å². The minimum atomic E-state index is -3.47. The minimum Gasteiger partial charge on any atom is -0.284 e. The Kier molecular flexibility index (Phi) is 3.32. The predicted molar refractivity (Wildman–Crippen MR) is 66.3 cm³/mol. The maximum Gasteiger partial charge on any atom is 0.246 e. The summed E-state index contributed by atoms with van der Waals surface area (Å²) >= 11 is 1.54. The lowest BCUT2D eigenvalue weighted by atomic mass is 10.3. The highest BCUT2D eigenvalue weighted by atomic mass is 32.2. The molecule has 0 radical (unpaired) electrons. The Balaban J connectivity index is 2.29. The first-order valence-electron chi connectivity index (χ1n) is 5.03. The summed E-state index contributed by atoms with van der Waals surface area (Å²) < 4.78 is 25.8. The van der Waals surface area contributed by atoms with Crippen molar-refractivity contribution in [2.75, 3.05) is 7.05 Å². The van der Waals surface area contributed by atoms with Crippen molar-refractivity contribution in [3.8, 4) is 0 Å². The van der Waals surface area contributed by atoms with E-state index in [-0.39, 0.29) is 10.9 Å². The molecule has 0 fully saturated rings. The first-order valence-corrected chi connectivity index (χ1v) is 7.35. The Morgan fingerprint density at radius 1 is 1.53 bits per heavy atom. The number of H-pyrrole nitrogens is 1. The predicted octanol–water partition coefficient (Wildman–Crippen LogP) is 1.85. The van der Waals surface area contributed by atoms with Crippen LogP contribution in [0.1, 0.15) is 17.8 Å². The summed E-state index contributed by atoms with van der Waals surface area (Å²) in [7, 11) is -1.90. The lowest BCUT2D eigenvalue weighted by Crippen LogP contribution is -2.29. The molecule has 7 heteroatoms. The van der Waals surface area contributed by atoms with Crippen LogP contribution >= 0.6 is 11.3 Å². The monoisotopic (exact) mass is 271 g/mol. The fourth-order valence-corrected chi connectivity index (χ4v) is 3.61. The zero-order chi connectivity index (χ0) is 12.5. The molecule has 17 heavy (non-hydrogen) atoms. The quantitative estimate of drug-likeness (QED) is 0.923. The van der Waals surface area contributed by atoms with Gasteiger partial charge in [-0.1, -0.05) is 6.07 Å². The van der Waals surface area contributed by atoms with Crippen LogP contribution in [0.2, 0.25) is 0 Å². The average molecular weight is 271 g/mol. The molecular formula is C10H13N3O2S2. The van der Waals surface area contributed by atoms with E-state index in [2.05, 4.69) is 10.2 Å². The number of aromatic amines is 1. The molecule has 5 nitrogen and oxygen atoms in total. The zero-order valence-electron chi connectivity index (χ0n) is 9.49. The second-order valence-corrected chi connectivity index (χ2v) is 6.62. The Morgan fingerprint density at radius 3 is 2.82 bits per heavy atom. The van der Waals surface area contributed by atoms with Crippen LogP contribution in [0.25, 0.3) is 0 Å². The van der Waals surface area contributed by atoms with Gasteiger partial charge in [0.15, 0.2) is 0 Å². The number of sulfonamides is 1. The molecule has 2 heterocycles. The molecule has 0 saturated carbocycles. The molecule has 0 amide bonds. The summed E-state index contributed by atoms with van der Waals surface area (Å²) in [6, 6.07) is 3.65. The van der Waals surface area contributed by atoms with Crippen LogP contribution in [0, 0.1) is 0 Å². The SMILES string of the molecule is CC(c1cccs1)N(C)S(=O)(=O)c1cn[nH]c1. The summed E-state index contributed by atoms with van der Waals surface area (Å²) in [6.07, 6.45) is 2.69. The van der Waals surface area contributed by atoms with E-state index >= 15 is 0 Å². The maximum atomic E-state index is 12.2. The molecule has 2 rings (SSSR count). The van der Waals surface area contributed by atoms with Gasteiger partial charge in [-0.05, 0) is 18.4 Å². The lowest BCUT2D eigenvalue weighted by molar-refractivity contribution is 0.403. The molecule has 0 aliphatic carbocycles. The number of nitrogens with zero attached hydrogens (tertiary/aromatic N) is 2. The maximum absolute atomic E-state index is 12.2. The number of hydrogen-bond donors (Lipinski definition) is 1. The topological polar surface area (TPSA) is 66.1 Å². The highest BCUT2D eigenvalue weighted by molar-refractivity contribution is 7.89. The number of aromatic nitrogens is 2. The molecule has 0 bridgehead atoms. The summed E-state index contributed by atoms with van der Waals surface area (Å²) in [5, 5.41) is 8.11. The summed E-state index contributed by atoms with van der Waals surface area (Å²) in [5.41, 5.74) is 0. The fourth-order valence-electron chi connectivity index (χ4n) is 1.46. The first kappa shape index (κ1) is 12.3. The highest BCUT2D eigenvalue weighted by Crippen LogP contribution is 2.27. The number of nitrogens with one attached hydrogen (secondary N) is 1. The van der Waals surface area contributed by atoms with Crippen molar-refractivity contribution in [3.63, 3.8) is 0 Å². The van der Waals surface area contributed by atoms with Crippen LogP contribution in [-0.2, 0) is 10.0 Å². The molecule has 0 spiro atoms. The van der Waals surface area contributed by atoms with Gasteiger partial charge in [0.1, 0.15) is 4.90 Å². The molecule has 1 N–H and O–H groups in total. The van der Waals surface area contributed by atoms with Crippen LogP contribution < -0.4 is 0 Å². The van der Waals surface area contributed by atoms with E-state index in [1.807, 2.05) is 24.4 Å². The molecule has 92 valence electrons. The van der Waals surface area contributed by atoms with Gasteiger partial charge in [-0.3, -0.25) is 5.10 Å². The van der Waals surface area contributed by atoms with Crippen molar-refractivity contribution in [1.82, 2.24) is 14.5 Å². The molecule has 0 aliphatic heterocycles. The number of thiophene rings is 1. The third-order valence-corrected chi connectivity index (χ3v) is 5.59. The lowest BCUT2D eigenvalue weighted by Gasteiger charge is -2.22. The van der Waals surface area contributed by atoms with Crippen molar-refractivity contribution < 1.29 is 8.42 Å². The van der Waals surface area contributed by atoms with Crippen LogP contribution in [-0.4, -0.2) is 30.0 Å². The zero-order valence-corrected chi connectivity index (χ0v) is 11.1. The Hall–Kier alpha value is -1.18. The highest BCUT2D eigenvalue weighted by Gasteiger charge is 2.27. The normalized spacial score (nSPS) is 14.1. The van der Waals surface area contributed by atoms with Gasteiger partial charge in [-0.25, -0.2) is 8.42 Å². The molecule has 0 aromatic carbocycles. The van der Waals surface area contributed by atoms with E-state index in [0.29, 0.717) is 0 Å². The Morgan fingerprint density at radius 2 is 2.29 bits per heavy atom. The van der Waals surface area contributed by atoms with E-state index in [4.69, 9.17) is 0 Å². The van der Waals surface area contributed by atoms with E-state index < -0.39 is 10.0 Å². The second-order valence-electron chi connectivity index (χ2n) is 3.65. The third kappa shape index (κ3) is 2.26. The van der Waals surface area contributed by atoms with Gasteiger partial charge >= 0.3 is 0 Å². The van der Waals surface area contributed by atoms with Gasteiger partial charge in [0.25, 0.3) is 0 Å². The molecule has 0 aliphatic rings. The largest absolute Gasteiger partial charge is 0.284 e. The molecule has 2 aromatic rings. The van der Waals surface area contributed by atoms with Crippen LogP contribution in [0.4, 0.5) is 0 Å². The Bertz CT molecular complexity index is 561. The van der Waals surface area contributed by atoms with Crippen molar-refractivity contribution in [2.24, 2.45) is 0 Å². The van der Waals surface area contributed by atoms with Gasteiger partial charge in [0, 0.05) is 18.1 Å². The van der Waals surface area contributed by atoms with E-state index in [1.165, 1.54) is 16.7 Å². The molecule has 2 aromatic heterocycles. The van der Waals surface area contributed by atoms with Gasteiger partial charge < -0.3 is 0 Å². The number of hydrogen-bond acceptors (Lipinski definition) is 4. The standard InChI is InChI=1S/C10H13N3O2S2/c1-8(10-4-3-5-16-10)13(2)17(14,15)9-6-11-12-7-9/h3-8H,1-2H3,(H,11,12). The van der Waals surface area contributed by atoms with Crippen LogP contribution in [0.5, 0.6) is 0 Å². The second kappa shape index (κ2) is 4.59. The van der Waals surface area contributed by atoms with Crippen LogP contribution in [0.3, 0.4) is 0 Å². The van der Waals surface area contributed by atoms with Gasteiger partial charge in [0.2, 0.25) is 10.0 Å². The van der Waals surface area contributed by atoms with Crippen LogP contribution in [0.15, 0.2) is 34.8 Å². The van der Waals surface area contributed by atoms with Gasteiger partial charge in [-0.2, -0.15) is 9.40 Å². The van der Waals surface area contributed by atoms with Crippen molar-refractivity contribution >= 4 is 21.4 Å². The summed E-state index contributed by atoms with van der Waals surface area (Å²) in [4.78, 5) is 1.20. The van der Waals surface area contributed by atoms with Gasteiger partial charge in [-0.15, -0.1) is 11.3 Å². The average Bonchev–Trinajstić information content (AvgIpc) is 2.98. The fraction of sp³-hybridized carbons (Fsp3) is 0.300. The van der Waals surface area contributed by atoms with E-state index in [0.717, 1.165) is 4.88 Å². The number of rotatable bonds is 4.